The zero-order valence-corrected chi connectivity index (χ0v) is 11.0. The van der Waals surface area contributed by atoms with E-state index in [2.05, 4.69) is 26.5 Å². The number of carbonyl (C=O) groups is 1. The molecule has 0 spiro atoms. The molecular formula is C12H13BrN2O2. The van der Waals surface area contributed by atoms with Crippen molar-refractivity contribution in [2.24, 2.45) is 5.10 Å². The Morgan fingerprint density at radius 2 is 2.35 bits per heavy atom. The van der Waals surface area contributed by atoms with E-state index in [1.54, 1.807) is 0 Å². The Kier molecular flexibility index (Phi) is 3.91. The van der Waals surface area contributed by atoms with Crippen molar-refractivity contribution in [3.05, 3.63) is 34.3 Å². The fraction of sp³-hybridized carbons (Fsp3) is 0.333. The molecule has 0 aliphatic carbocycles. The number of hydrogen-bond donors (Lipinski definition) is 1. The van der Waals surface area contributed by atoms with Crippen LogP contribution in [0.3, 0.4) is 0 Å². The van der Waals surface area contributed by atoms with E-state index in [1.807, 2.05) is 31.2 Å². The van der Waals surface area contributed by atoms with E-state index in [4.69, 9.17) is 4.74 Å². The molecule has 0 saturated heterocycles. The van der Waals surface area contributed by atoms with Gasteiger partial charge in [-0.25, -0.2) is 5.43 Å². The SMILES string of the molecule is CCC1=NNC(=O)C1OCc1cccc(Br)c1. The van der Waals surface area contributed by atoms with Crippen LogP contribution in [0.2, 0.25) is 0 Å². The number of nitrogens with one attached hydrogen (secondary N) is 1. The van der Waals surface area contributed by atoms with E-state index in [1.165, 1.54) is 0 Å². The monoisotopic (exact) mass is 296 g/mol. The first-order valence-electron chi connectivity index (χ1n) is 5.43. The Labute approximate surface area is 108 Å². The van der Waals surface area contributed by atoms with Gasteiger partial charge < -0.3 is 4.74 Å². The number of hydrazone groups is 1. The van der Waals surface area contributed by atoms with Crippen LogP contribution in [0.4, 0.5) is 0 Å². The summed E-state index contributed by atoms with van der Waals surface area (Å²) in [5.74, 6) is -0.183. The Bertz CT molecular complexity index is 460. The van der Waals surface area contributed by atoms with Crippen LogP contribution < -0.4 is 5.43 Å². The van der Waals surface area contributed by atoms with E-state index >= 15 is 0 Å². The summed E-state index contributed by atoms with van der Waals surface area (Å²) in [6, 6.07) is 7.81. The van der Waals surface area contributed by atoms with Crippen LogP contribution in [0, 0.1) is 0 Å². The van der Waals surface area contributed by atoms with Gasteiger partial charge in [-0.05, 0) is 24.1 Å². The molecule has 4 nitrogen and oxygen atoms in total. The first-order chi connectivity index (χ1) is 8.20. The van der Waals surface area contributed by atoms with Gasteiger partial charge in [-0.2, -0.15) is 5.10 Å². The molecule has 1 heterocycles. The molecular weight excluding hydrogens is 284 g/mol. The highest BCUT2D eigenvalue weighted by Crippen LogP contribution is 2.14. The third-order valence-electron chi connectivity index (χ3n) is 2.52. The summed E-state index contributed by atoms with van der Waals surface area (Å²) in [4.78, 5) is 11.5. The van der Waals surface area contributed by atoms with Crippen LogP contribution in [0.5, 0.6) is 0 Å². The predicted octanol–water partition coefficient (Wildman–Crippen LogP) is 2.23. The van der Waals surface area contributed by atoms with Gasteiger partial charge in [0.05, 0.1) is 12.3 Å². The summed E-state index contributed by atoms with van der Waals surface area (Å²) < 4.78 is 6.60. The maximum atomic E-state index is 11.5. The summed E-state index contributed by atoms with van der Waals surface area (Å²) in [7, 11) is 0. The highest BCUT2D eigenvalue weighted by atomic mass is 79.9. The van der Waals surface area contributed by atoms with Crippen molar-refractivity contribution in [3.63, 3.8) is 0 Å². The molecule has 2 rings (SSSR count). The second-order valence-electron chi connectivity index (χ2n) is 3.75. The molecule has 0 bridgehead atoms. The van der Waals surface area contributed by atoms with Gasteiger partial charge >= 0.3 is 0 Å². The molecule has 17 heavy (non-hydrogen) atoms. The van der Waals surface area contributed by atoms with Gasteiger partial charge in [0.25, 0.3) is 5.91 Å². The van der Waals surface area contributed by atoms with Crippen molar-refractivity contribution < 1.29 is 9.53 Å². The largest absolute Gasteiger partial charge is 0.358 e. The molecule has 1 unspecified atom stereocenters. The topological polar surface area (TPSA) is 50.7 Å². The van der Waals surface area contributed by atoms with Crippen molar-refractivity contribution in [2.45, 2.75) is 26.1 Å². The van der Waals surface area contributed by atoms with Crippen molar-refractivity contribution in [1.82, 2.24) is 5.43 Å². The Hall–Kier alpha value is -1.20. The number of amides is 1. The average molecular weight is 297 g/mol. The Morgan fingerprint density at radius 3 is 3.06 bits per heavy atom. The molecule has 0 radical (unpaired) electrons. The van der Waals surface area contributed by atoms with E-state index in [9.17, 15) is 4.79 Å². The molecule has 0 aromatic heterocycles. The summed E-state index contributed by atoms with van der Waals surface area (Å²) in [5.41, 5.74) is 4.21. The molecule has 1 aromatic carbocycles. The number of halogens is 1. The van der Waals surface area contributed by atoms with Crippen LogP contribution in [0.1, 0.15) is 18.9 Å². The molecule has 1 amide bonds. The molecule has 5 heteroatoms. The van der Waals surface area contributed by atoms with Crippen LogP contribution in [-0.2, 0) is 16.1 Å². The lowest BCUT2D eigenvalue weighted by Gasteiger charge is -2.11. The summed E-state index contributed by atoms with van der Waals surface area (Å²) in [6.45, 7) is 2.35. The molecule has 1 aliphatic rings. The third kappa shape index (κ3) is 2.92. The van der Waals surface area contributed by atoms with Crippen molar-refractivity contribution >= 4 is 27.5 Å². The van der Waals surface area contributed by atoms with E-state index in [-0.39, 0.29) is 5.91 Å². The summed E-state index contributed by atoms with van der Waals surface area (Å²) >= 11 is 3.39. The maximum Gasteiger partial charge on any atom is 0.275 e. The minimum Gasteiger partial charge on any atom is -0.358 e. The van der Waals surface area contributed by atoms with E-state index < -0.39 is 6.10 Å². The summed E-state index contributed by atoms with van der Waals surface area (Å²) in [6.07, 6.45) is 0.168. The zero-order valence-electron chi connectivity index (χ0n) is 9.44. The second kappa shape index (κ2) is 5.42. The van der Waals surface area contributed by atoms with Gasteiger partial charge in [0.15, 0.2) is 6.10 Å². The number of benzene rings is 1. The standard InChI is InChI=1S/C12H13BrN2O2/c1-2-10-11(12(16)15-14-10)17-7-8-4-3-5-9(13)6-8/h3-6,11H,2,7H2,1H3,(H,15,16). The van der Waals surface area contributed by atoms with Crippen molar-refractivity contribution in [2.75, 3.05) is 0 Å². The lowest BCUT2D eigenvalue weighted by Crippen LogP contribution is -2.31. The molecule has 1 atom stereocenters. The first-order valence-corrected chi connectivity index (χ1v) is 6.22. The van der Waals surface area contributed by atoms with Gasteiger partial charge in [-0.15, -0.1) is 0 Å². The lowest BCUT2D eigenvalue weighted by atomic mass is 10.1. The highest BCUT2D eigenvalue weighted by molar-refractivity contribution is 9.10. The Balaban J connectivity index is 1.98. The van der Waals surface area contributed by atoms with Gasteiger partial charge in [-0.1, -0.05) is 35.0 Å². The number of ether oxygens (including phenoxy) is 1. The van der Waals surface area contributed by atoms with Gasteiger partial charge in [-0.3, -0.25) is 4.79 Å². The minimum absolute atomic E-state index is 0.183. The first kappa shape index (κ1) is 12.3. The zero-order chi connectivity index (χ0) is 12.3. The number of rotatable bonds is 4. The molecule has 90 valence electrons. The van der Waals surface area contributed by atoms with Crippen LogP contribution in [0.15, 0.2) is 33.8 Å². The van der Waals surface area contributed by atoms with Crippen molar-refractivity contribution in [3.8, 4) is 0 Å². The van der Waals surface area contributed by atoms with E-state index in [0.29, 0.717) is 13.0 Å². The van der Waals surface area contributed by atoms with E-state index in [0.717, 1.165) is 15.7 Å². The number of carbonyl (C=O) groups excluding carboxylic acids is 1. The van der Waals surface area contributed by atoms with Crippen molar-refractivity contribution in [1.29, 1.82) is 0 Å². The smallest absolute Gasteiger partial charge is 0.275 e. The normalized spacial score (nSPS) is 19.1. The molecule has 0 fully saturated rings. The van der Waals surface area contributed by atoms with Gasteiger partial charge in [0, 0.05) is 4.47 Å². The molecule has 0 saturated carbocycles. The predicted molar refractivity (Wildman–Crippen MR) is 68.6 cm³/mol. The summed E-state index contributed by atoms with van der Waals surface area (Å²) in [5, 5.41) is 3.93. The highest BCUT2D eigenvalue weighted by Gasteiger charge is 2.29. The quantitative estimate of drug-likeness (QED) is 0.926. The molecule has 1 aromatic rings. The lowest BCUT2D eigenvalue weighted by molar-refractivity contribution is -0.128. The van der Waals surface area contributed by atoms with Crippen LogP contribution >= 0.6 is 15.9 Å². The van der Waals surface area contributed by atoms with Crippen LogP contribution in [0.25, 0.3) is 0 Å². The Morgan fingerprint density at radius 1 is 1.53 bits per heavy atom. The van der Waals surface area contributed by atoms with Gasteiger partial charge in [0.1, 0.15) is 0 Å². The fourth-order valence-corrected chi connectivity index (χ4v) is 2.08. The maximum absolute atomic E-state index is 11.5. The second-order valence-corrected chi connectivity index (χ2v) is 4.67. The fourth-order valence-electron chi connectivity index (χ4n) is 1.64. The third-order valence-corrected chi connectivity index (χ3v) is 3.01. The average Bonchev–Trinajstić information content (AvgIpc) is 2.67. The van der Waals surface area contributed by atoms with Gasteiger partial charge in [0.2, 0.25) is 0 Å². The molecule has 1 N–H and O–H groups in total. The molecule has 1 aliphatic heterocycles. The minimum atomic E-state index is -0.543. The number of hydrogen-bond acceptors (Lipinski definition) is 3. The number of nitrogens with zero attached hydrogens (tertiary/aromatic N) is 1. The van der Waals surface area contributed by atoms with Crippen LogP contribution in [-0.4, -0.2) is 17.7 Å².